The molecule has 0 unspecified atom stereocenters. The molecule has 0 radical (unpaired) electrons. The van der Waals surface area contributed by atoms with Crippen LogP contribution in [0.2, 0.25) is 0 Å². The number of nitrogens with one attached hydrogen (secondary N) is 1. The van der Waals surface area contributed by atoms with Crippen molar-refractivity contribution in [2.75, 3.05) is 25.5 Å². The molecule has 4 rings (SSSR count). The summed E-state index contributed by atoms with van der Waals surface area (Å²) in [6.07, 6.45) is 1.34. The van der Waals surface area contributed by atoms with Gasteiger partial charge in [-0.2, -0.15) is 0 Å². The Morgan fingerprint density at radius 2 is 2.07 bits per heavy atom. The second kappa shape index (κ2) is 7.66. The lowest BCUT2D eigenvalue weighted by molar-refractivity contribution is -0.121. The van der Waals surface area contributed by atoms with E-state index in [-0.39, 0.29) is 17.7 Å². The van der Waals surface area contributed by atoms with Crippen LogP contribution in [0, 0.1) is 5.92 Å². The Balaban J connectivity index is 1.36. The summed E-state index contributed by atoms with van der Waals surface area (Å²) in [4.78, 5) is 32.1. The highest BCUT2D eigenvalue weighted by Crippen LogP contribution is 2.30. The highest BCUT2D eigenvalue weighted by molar-refractivity contribution is 7.22. The van der Waals surface area contributed by atoms with Crippen LogP contribution in [-0.4, -0.2) is 41.9 Å². The summed E-state index contributed by atoms with van der Waals surface area (Å²) >= 11 is 2.89. The van der Waals surface area contributed by atoms with Crippen LogP contribution in [0.3, 0.4) is 0 Å². The summed E-state index contributed by atoms with van der Waals surface area (Å²) in [5.41, 5.74) is 0.840. The number of piperidine rings is 1. The fourth-order valence-corrected chi connectivity index (χ4v) is 4.78. The molecule has 1 aliphatic rings. The van der Waals surface area contributed by atoms with Gasteiger partial charge in [-0.25, -0.2) is 4.98 Å². The SMILES string of the molecule is COc1ccc2nc(NC(=O)C3CCN(C(=O)c4cccs4)CC3)sc2c1. The minimum Gasteiger partial charge on any atom is -0.497 e. The quantitative estimate of drug-likeness (QED) is 0.721. The average molecular weight is 402 g/mol. The number of hydrogen-bond acceptors (Lipinski definition) is 6. The minimum absolute atomic E-state index is 0.0238. The standard InChI is InChI=1S/C19H19N3O3S2/c1-25-13-4-5-14-16(11-13)27-19(20-14)21-17(23)12-6-8-22(9-7-12)18(24)15-3-2-10-26-15/h2-5,10-12H,6-9H2,1H3,(H,20,21,23). The molecule has 3 heterocycles. The number of rotatable bonds is 4. The summed E-state index contributed by atoms with van der Waals surface area (Å²) in [5, 5.41) is 5.44. The zero-order chi connectivity index (χ0) is 18.8. The Hall–Kier alpha value is -2.45. The Bertz CT molecular complexity index is 960. The molecule has 2 amide bonds. The van der Waals surface area contributed by atoms with Gasteiger partial charge in [0.15, 0.2) is 5.13 Å². The molecule has 1 saturated heterocycles. The van der Waals surface area contributed by atoms with Gasteiger partial charge in [0.1, 0.15) is 5.75 Å². The van der Waals surface area contributed by atoms with Gasteiger partial charge in [-0.05, 0) is 42.5 Å². The fourth-order valence-electron chi connectivity index (χ4n) is 3.19. The molecule has 1 aliphatic heterocycles. The molecule has 1 fully saturated rings. The van der Waals surface area contributed by atoms with Crippen molar-refractivity contribution in [1.29, 1.82) is 0 Å². The molecule has 0 bridgehead atoms. The second-order valence-corrected chi connectivity index (χ2v) is 8.36. The largest absolute Gasteiger partial charge is 0.497 e. The number of carbonyl (C=O) groups excluding carboxylic acids is 2. The molecule has 1 N–H and O–H groups in total. The number of aromatic nitrogens is 1. The number of benzene rings is 1. The molecule has 140 valence electrons. The summed E-state index contributed by atoms with van der Waals surface area (Å²) in [5.74, 6) is 0.707. The van der Waals surface area contributed by atoms with Gasteiger partial charge in [0.2, 0.25) is 5.91 Å². The van der Waals surface area contributed by atoms with Gasteiger partial charge in [-0.15, -0.1) is 11.3 Å². The van der Waals surface area contributed by atoms with Crippen LogP contribution in [0.4, 0.5) is 5.13 Å². The zero-order valence-corrected chi connectivity index (χ0v) is 16.4. The third-order valence-corrected chi connectivity index (χ3v) is 6.50. The van der Waals surface area contributed by atoms with Gasteiger partial charge in [-0.1, -0.05) is 17.4 Å². The summed E-state index contributed by atoms with van der Waals surface area (Å²) in [7, 11) is 1.63. The molecule has 2 aromatic heterocycles. The van der Waals surface area contributed by atoms with E-state index in [4.69, 9.17) is 4.74 Å². The van der Waals surface area contributed by atoms with E-state index in [1.165, 1.54) is 22.7 Å². The molecule has 6 nitrogen and oxygen atoms in total. The molecule has 0 saturated carbocycles. The summed E-state index contributed by atoms with van der Waals surface area (Å²) in [6, 6.07) is 9.37. The first-order chi connectivity index (χ1) is 13.1. The maximum Gasteiger partial charge on any atom is 0.263 e. The predicted molar refractivity (Wildman–Crippen MR) is 108 cm³/mol. The molecule has 0 atom stereocenters. The first kappa shape index (κ1) is 17.9. The van der Waals surface area contributed by atoms with Crippen LogP contribution in [0.5, 0.6) is 5.75 Å². The molecular formula is C19H19N3O3S2. The third kappa shape index (κ3) is 3.81. The van der Waals surface area contributed by atoms with E-state index in [1.807, 2.05) is 40.6 Å². The average Bonchev–Trinajstić information content (AvgIpc) is 3.36. The predicted octanol–water partition coefficient (Wildman–Crippen LogP) is 3.86. The first-order valence-electron chi connectivity index (χ1n) is 8.72. The number of carbonyl (C=O) groups is 2. The Morgan fingerprint density at radius 1 is 1.26 bits per heavy atom. The second-order valence-electron chi connectivity index (χ2n) is 6.39. The fraction of sp³-hybridized carbons (Fsp3) is 0.316. The number of likely N-dealkylation sites (tertiary alicyclic amines) is 1. The Morgan fingerprint density at radius 3 is 2.78 bits per heavy atom. The Labute approximate surface area is 164 Å². The topological polar surface area (TPSA) is 71.5 Å². The number of thiophene rings is 1. The lowest BCUT2D eigenvalue weighted by Crippen LogP contribution is -2.41. The van der Waals surface area contributed by atoms with Crippen molar-refractivity contribution in [1.82, 2.24) is 9.88 Å². The van der Waals surface area contributed by atoms with Crippen LogP contribution >= 0.6 is 22.7 Å². The lowest BCUT2D eigenvalue weighted by atomic mass is 9.96. The van der Waals surface area contributed by atoms with Crippen molar-refractivity contribution in [2.24, 2.45) is 5.92 Å². The first-order valence-corrected chi connectivity index (χ1v) is 10.4. The summed E-state index contributed by atoms with van der Waals surface area (Å²) < 4.78 is 6.20. The highest BCUT2D eigenvalue weighted by Gasteiger charge is 2.28. The molecule has 3 aromatic rings. The van der Waals surface area contributed by atoms with Gasteiger partial charge in [0.25, 0.3) is 5.91 Å². The van der Waals surface area contributed by atoms with Gasteiger partial charge in [-0.3, -0.25) is 9.59 Å². The van der Waals surface area contributed by atoms with Crippen molar-refractivity contribution >= 4 is 49.8 Å². The molecule has 0 aliphatic carbocycles. The van der Waals surface area contributed by atoms with Crippen molar-refractivity contribution in [3.05, 3.63) is 40.6 Å². The zero-order valence-electron chi connectivity index (χ0n) is 14.8. The molecule has 1 aromatic carbocycles. The monoisotopic (exact) mass is 401 g/mol. The number of ether oxygens (including phenoxy) is 1. The van der Waals surface area contributed by atoms with Crippen LogP contribution in [0.1, 0.15) is 22.5 Å². The van der Waals surface area contributed by atoms with Crippen molar-refractivity contribution in [3.63, 3.8) is 0 Å². The van der Waals surface area contributed by atoms with E-state index in [1.54, 1.807) is 7.11 Å². The van der Waals surface area contributed by atoms with Crippen LogP contribution in [0.15, 0.2) is 35.7 Å². The minimum atomic E-state index is -0.0982. The number of amides is 2. The van der Waals surface area contributed by atoms with Gasteiger partial charge in [0.05, 0.1) is 22.2 Å². The lowest BCUT2D eigenvalue weighted by Gasteiger charge is -2.30. The van der Waals surface area contributed by atoms with Crippen LogP contribution in [0.25, 0.3) is 10.2 Å². The smallest absolute Gasteiger partial charge is 0.263 e. The normalized spacial score (nSPS) is 15.1. The molecule has 8 heteroatoms. The molecule has 0 spiro atoms. The van der Waals surface area contributed by atoms with E-state index >= 15 is 0 Å². The number of nitrogens with zero attached hydrogens (tertiary/aromatic N) is 2. The number of methoxy groups -OCH3 is 1. The van der Waals surface area contributed by atoms with Gasteiger partial charge >= 0.3 is 0 Å². The Kier molecular flexibility index (Phi) is 5.09. The maximum absolute atomic E-state index is 12.6. The number of hydrogen-bond donors (Lipinski definition) is 1. The van der Waals surface area contributed by atoms with Crippen molar-refractivity contribution in [3.8, 4) is 5.75 Å². The van der Waals surface area contributed by atoms with E-state index in [9.17, 15) is 9.59 Å². The van der Waals surface area contributed by atoms with E-state index in [2.05, 4.69) is 10.3 Å². The van der Waals surface area contributed by atoms with Crippen LogP contribution in [-0.2, 0) is 4.79 Å². The number of thiazole rings is 1. The van der Waals surface area contributed by atoms with Crippen molar-refractivity contribution < 1.29 is 14.3 Å². The maximum atomic E-state index is 12.6. The van der Waals surface area contributed by atoms with Gasteiger partial charge < -0.3 is 15.0 Å². The third-order valence-electron chi connectivity index (χ3n) is 4.71. The van der Waals surface area contributed by atoms with E-state index < -0.39 is 0 Å². The van der Waals surface area contributed by atoms with E-state index in [0.717, 1.165) is 20.8 Å². The molecule has 27 heavy (non-hydrogen) atoms. The van der Waals surface area contributed by atoms with Crippen molar-refractivity contribution in [2.45, 2.75) is 12.8 Å². The summed E-state index contributed by atoms with van der Waals surface area (Å²) in [6.45, 7) is 1.21. The number of anilines is 1. The molecular weight excluding hydrogens is 382 g/mol. The highest BCUT2D eigenvalue weighted by atomic mass is 32.1. The van der Waals surface area contributed by atoms with E-state index in [0.29, 0.717) is 31.1 Å². The van der Waals surface area contributed by atoms with Gasteiger partial charge in [0, 0.05) is 19.0 Å². The number of fused-ring (bicyclic) bond motifs is 1. The van der Waals surface area contributed by atoms with Crippen LogP contribution < -0.4 is 10.1 Å².